The second kappa shape index (κ2) is 4.94. The molecule has 2 amide bonds. The molecule has 1 saturated heterocycles. The first-order valence-corrected chi connectivity index (χ1v) is 7.26. The van der Waals surface area contributed by atoms with E-state index in [4.69, 9.17) is 4.84 Å². The van der Waals surface area contributed by atoms with Crippen molar-refractivity contribution in [1.82, 2.24) is 5.06 Å². The molecule has 0 spiro atoms. The van der Waals surface area contributed by atoms with Crippen LogP contribution in [0.1, 0.15) is 51.4 Å². The van der Waals surface area contributed by atoms with Crippen molar-refractivity contribution < 1.29 is 19.2 Å². The highest BCUT2D eigenvalue weighted by Crippen LogP contribution is 2.54. The van der Waals surface area contributed by atoms with E-state index in [9.17, 15) is 14.4 Å². The second-order valence-electron chi connectivity index (χ2n) is 5.84. The summed E-state index contributed by atoms with van der Waals surface area (Å²) in [5.74, 6) is -0.408. The zero-order valence-electron chi connectivity index (χ0n) is 11.0. The van der Waals surface area contributed by atoms with Gasteiger partial charge in [0.25, 0.3) is 11.8 Å². The molecule has 1 aliphatic heterocycles. The molecule has 19 heavy (non-hydrogen) atoms. The molecule has 1 heterocycles. The number of fused-ring (bicyclic) bond motifs is 1. The van der Waals surface area contributed by atoms with Crippen LogP contribution in [0.15, 0.2) is 0 Å². The predicted molar refractivity (Wildman–Crippen MR) is 65.4 cm³/mol. The first-order valence-electron chi connectivity index (χ1n) is 7.26. The van der Waals surface area contributed by atoms with Crippen molar-refractivity contribution in [3.05, 3.63) is 0 Å². The summed E-state index contributed by atoms with van der Waals surface area (Å²) < 4.78 is 0. The summed E-state index contributed by atoms with van der Waals surface area (Å²) in [4.78, 5) is 39.9. The van der Waals surface area contributed by atoms with Crippen molar-refractivity contribution in [1.29, 1.82) is 0 Å². The SMILES string of the molecule is O=C(ON1C(=O)CCC1=O)C1C2CCCCCCC21. The number of hydrogen-bond donors (Lipinski definition) is 0. The number of carbonyl (C=O) groups excluding carboxylic acids is 3. The Kier molecular flexibility index (Phi) is 3.29. The van der Waals surface area contributed by atoms with Gasteiger partial charge in [-0.25, -0.2) is 4.79 Å². The molecule has 0 aromatic carbocycles. The second-order valence-corrected chi connectivity index (χ2v) is 5.84. The Morgan fingerprint density at radius 3 is 2.00 bits per heavy atom. The van der Waals surface area contributed by atoms with Crippen LogP contribution in [-0.2, 0) is 19.2 Å². The minimum Gasteiger partial charge on any atom is -0.330 e. The van der Waals surface area contributed by atoms with E-state index in [1.54, 1.807) is 0 Å². The van der Waals surface area contributed by atoms with E-state index in [2.05, 4.69) is 0 Å². The summed E-state index contributed by atoms with van der Waals surface area (Å²) in [7, 11) is 0. The zero-order chi connectivity index (χ0) is 13.4. The lowest BCUT2D eigenvalue weighted by atomic mass is 10.0. The first-order chi connectivity index (χ1) is 9.18. The standard InChI is InChI=1S/C14H19NO4/c16-11-7-8-12(17)15(11)19-14(18)13-9-5-3-1-2-4-6-10(9)13/h9-10,13H,1-8H2. The molecule has 5 heteroatoms. The number of carbonyl (C=O) groups is 3. The van der Waals surface area contributed by atoms with Gasteiger partial charge in [-0.2, -0.15) is 0 Å². The van der Waals surface area contributed by atoms with E-state index in [0.29, 0.717) is 16.9 Å². The van der Waals surface area contributed by atoms with Crippen LogP contribution < -0.4 is 0 Å². The van der Waals surface area contributed by atoms with Crippen LogP contribution in [0.5, 0.6) is 0 Å². The average molecular weight is 265 g/mol. The van der Waals surface area contributed by atoms with E-state index in [-0.39, 0.29) is 24.7 Å². The molecule has 0 aromatic rings. The average Bonchev–Trinajstić information content (AvgIpc) is 2.94. The van der Waals surface area contributed by atoms with Crippen LogP contribution in [0, 0.1) is 17.8 Å². The van der Waals surface area contributed by atoms with Gasteiger partial charge in [-0.1, -0.05) is 25.7 Å². The van der Waals surface area contributed by atoms with Gasteiger partial charge in [0, 0.05) is 12.8 Å². The Bertz CT molecular complexity index is 390. The van der Waals surface area contributed by atoms with E-state index in [1.165, 1.54) is 25.7 Å². The third-order valence-corrected chi connectivity index (χ3v) is 4.62. The summed E-state index contributed by atoms with van der Waals surface area (Å²) in [5, 5.41) is 0.675. The Labute approximate surface area is 112 Å². The summed E-state index contributed by atoms with van der Waals surface area (Å²) in [6.45, 7) is 0. The van der Waals surface area contributed by atoms with Crippen molar-refractivity contribution >= 4 is 17.8 Å². The van der Waals surface area contributed by atoms with Crippen LogP contribution in [0.3, 0.4) is 0 Å². The molecular weight excluding hydrogens is 246 g/mol. The summed E-state index contributed by atoms with van der Waals surface area (Å²) >= 11 is 0. The third-order valence-electron chi connectivity index (χ3n) is 4.62. The lowest BCUT2D eigenvalue weighted by Gasteiger charge is -2.12. The van der Waals surface area contributed by atoms with E-state index in [0.717, 1.165) is 12.8 Å². The van der Waals surface area contributed by atoms with Crippen LogP contribution in [0.4, 0.5) is 0 Å². The molecule has 3 aliphatic rings. The largest absolute Gasteiger partial charge is 0.336 e. The highest BCUT2D eigenvalue weighted by molar-refractivity contribution is 6.01. The molecule has 2 saturated carbocycles. The number of hydroxylamine groups is 2. The third kappa shape index (κ3) is 2.38. The Morgan fingerprint density at radius 2 is 1.47 bits per heavy atom. The first kappa shape index (κ1) is 12.6. The van der Waals surface area contributed by atoms with Crippen molar-refractivity contribution in [2.24, 2.45) is 17.8 Å². The lowest BCUT2D eigenvalue weighted by Crippen LogP contribution is -2.33. The molecule has 2 atom stereocenters. The van der Waals surface area contributed by atoms with Gasteiger partial charge in [0.15, 0.2) is 0 Å². The van der Waals surface area contributed by atoms with Crippen LogP contribution in [0.2, 0.25) is 0 Å². The molecule has 3 rings (SSSR count). The van der Waals surface area contributed by atoms with Gasteiger partial charge >= 0.3 is 5.97 Å². The quantitative estimate of drug-likeness (QED) is 0.714. The van der Waals surface area contributed by atoms with Gasteiger partial charge in [-0.3, -0.25) is 9.59 Å². The van der Waals surface area contributed by atoms with E-state index < -0.39 is 11.8 Å². The van der Waals surface area contributed by atoms with Crippen molar-refractivity contribution in [3.63, 3.8) is 0 Å². The predicted octanol–water partition coefficient (Wildman–Crippen LogP) is 1.81. The number of rotatable bonds is 2. The minimum absolute atomic E-state index is 0.0840. The maximum absolute atomic E-state index is 12.1. The fourth-order valence-corrected chi connectivity index (χ4v) is 3.50. The van der Waals surface area contributed by atoms with Gasteiger partial charge in [0.1, 0.15) is 0 Å². The zero-order valence-corrected chi connectivity index (χ0v) is 11.0. The van der Waals surface area contributed by atoms with Crippen LogP contribution in [-0.4, -0.2) is 22.8 Å². The molecule has 2 aliphatic carbocycles. The monoisotopic (exact) mass is 265 g/mol. The van der Waals surface area contributed by atoms with E-state index >= 15 is 0 Å². The van der Waals surface area contributed by atoms with E-state index in [1.807, 2.05) is 0 Å². The van der Waals surface area contributed by atoms with Gasteiger partial charge in [0.2, 0.25) is 0 Å². The fraction of sp³-hybridized carbons (Fsp3) is 0.786. The molecular formula is C14H19NO4. The van der Waals surface area contributed by atoms with Crippen molar-refractivity contribution in [3.8, 4) is 0 Å². The number of nitrogens with zero attached hydrogens (tertiary/aromatic N) is 1. The van der Waals surface area contributed by atoms with Crippen molar-refractivity contribution in [2.45, 2.75) is 51.4 Å². The smallest absolute Gasteiger partial charge is 0.330 e. The number of hydrogen-bond acceptors (Lipinski definition) is 4. The van der Waals surface area contributed by atoms with Gasteiger partial charge in [-0.05, 0) is 24.7 Å². The molecule has 0 radical (unpaired) electrons. The molecule has 0 aromatic heterocycles. The van der Waals surface area contributed by atoms with Crippen LogP contribution in [0.25, 0.3) is 0 Å². The number of imide groups is 1. The molecule has 3 fully saturated rings. The van der Waals surface area contributed by atoms with Gasteiger partial charge in [0.05, 0.1) is 5.92 Å². The minimum atomic E-state index is -0.392. The lowest BCUT2D eigenvalue weighted by molar-refractivity contribution is -0.199. The fourth-order valence-electron chi connectivity index (χ4n) is 3.50. The molecule has 104 valence electrons. The van der Waals surface area contributed by atoms with Gasteiger partial charge < -0.3 is 4.84 Å². The summed E-state index contributed by atoms with van der Waals surface area (Å²) in [6, 6.07) is 0. The molecule has 0 bridgehead atoms. The Hall–Kier alpha value is -1.39. The Balaban J connectivity index is 1.59. The summed E-state index contributed by atoms with van der Waals surface area (Å²) in [5.41, 5.74) is 0. The molecule has 0 N–H and O–H groups in total. The van der Waals surface area contributed by atoms with Crippen LogP contribution >= 0.6 is 0 Å². The Morgan fingerprint density at radius 1 is 0.947 bits per heavy atom. The number of amides is 2. The summed E-state index contributed by atoms with van der Waals surface area (Å²) in [6.07, 6.45) is 7.30. The maximum Gasteiger partial charge on any atom is 0.336 e. The highest BCUT2D eigenvalue weighted by Gasteiger charge is 2.55. The van der Waals surface area contributed by atoms with Crippen molar-refractivity contribution in [2.75, 3.05) is 0 Å². The maximum atomic E-state index is 12.1. The van der Waals surface area contributed by atoms with Gasteiger partial charge in [-0.15, -0.1) is 5.06 Å². The topological polar surface area (TPSA) is 63.7 Å². The molecule has 2 unspecified atom stereocenters. The highest BCUT2D eigenvalue weighted by atomic mass is 16.7. The normalized spacial score (nSPS) is 34.5. The molecule has 5 nitrogen and oxygen atoms in total.